The van der Waals surface area contributed by atoms with Gasteiger partial charge in [0.2, 0.25) is 11.3 Å². The largest absolute Gasteiger partial charge is 0.497 e. The van der Waals surface area contributed by atoms with Crippen LogP contribution in [0.1, 0.15) is 23.9 Å². The number of fused-ring (bicyclic) bond motifs is 1. The van der Waals surface area contributed by atoms with Gasteiger partial charge in [-0.2, -0.15) is 5.10 Å². The van der Waals surface area contributed by atoms with Crippen molar-refractivity contribution in [2.45, 2.75) is 19.0 Å². The number of amides is 1. The van der Waals surface area contributed by atoms with E-state index in [1.165, 1.54) is 6.20 Å². The first kappa shape index (κ1) is 22.1. The van der Waals surface area contributed by atoms with Crippen LogP contribution < -0.4 is 20.2 Å². The first-order chi connectivity index (χ1) is 16.0. The van der Waals surface area contributed by atoms with E-state index in [1.54, 1.807) is 43.3 Å². The van der Waals surface area contributed by atoms with Gasteiger partial charge < -0.3 is 19.4 Å². The summed E-state index contributed by atoms with van der Waals surface area (Å²) in [6, 6.07) is 12.2. The minimum atomic E-state index is -0.514. The summed E-state index contributed by atoms with van der Waals surface area (Å²) >= 11 is 0. The van der Waals surface area contributed by atoms with E-state index in [1.807, 2.05) is 42.1 Å². The van der Waals surface area contributed by atoms with Crippen molar-refractivity contribution in [3.63, 3.8) is 0 Å². The third-order valence-corrected chi connectivity index (χ3v) is 5.44. The number of benzene rings is 2. The van der Waals surface area contributed by atoms with Crippen LogP contribution in [0.25, 0.3) is 10.9 Å². The summed E-state index contributed by atoms with van der Waals surface area (Å²) in [4.78, 5) is 29.5. The van der Waals surface area contributed by atoms with Crippen molar-refractivity contribution in [1.29, 1.82) is 0 Å². The maximum absolute atomic E-state index is 13.0. The molecule has 0 bridgehead atoms. The quantitative estimate of drug-likeness (QED) is 0.445. The molecule has 9 nitrogen and oxygen atoms in total. The van der Waals surface area contributed by atoms with Crippen molar-refractivity contribution in [2.75, 3.05) is 14.2 Å². The lowest BCUT2D eigenvalue weighted by Crippen LogP contribution is -2.32. The molecule has 0 aliphatic rings. The zero-order chi connectivity index (χ0) is 23.4. The molecule has 1 unspecified atom stereocenters. The minimum absolute atomic E-state index is 0.145. The highest BCUT2D eigenvalue weighted by atomic mass is 16.5. The summed E-state index contributed by atoms with van der Waals surface area (Å²) < 4.78 is 14.3. The number of hydrogen-bond acceptors (Lipinski definition) is 6. The van der Waals surface area contributed by atoms with Crippen LogP contribution in [0.5, 0.6) is 11.5 Å². The third kappa shape index (κ3) is 4.72. The molecular formula is C24H25N5O4. The number of ether oxygens (including phenoxy) is 2. The van der Waals surface area contributed by atoms with E-state index in [9.17, 15) is 9.59 Å². The summed E-state index contributed by atoms with van der Waals surface area (Å²) in [5, 5.41) is 7.84. The van der Waals surface area contributed by atoms with Gasteiger partial charge in [-0.3, -0.25) is 14.3 Å². The molecule has 0 radical (unpaired) electrons. The third-order valence-electron chi connectivity index (χ3n) is 5.44. The smallest absolute Gasteiger partial charge is 0.222 e. The second-order valence-electron chi connectivity index (χ2n) is 7.54. The van der Waals surface area contributed by atoms with Crippen molar-refractivity contribution < 1.29 is 14.3 Å². The van der Waals surface area contributed by atoms with E-state index in [4.69, 9.17) is 9.47 Å². The van der Waals surface area contributed by atoms with Gasteiger partial charge in [0.25, 0.3) is 0 Å². The van der Waals surface area contributed by atoms with Crippen molar-refractivity contribution in [3.8, 4) is 11.5 Å². The number of rotatable bonds is 8. The molecule has 9 heteroatoms. The van der Waals surface area contributed by atoms with Crippen LogP contribution in [-0.2, 0) is 18.4 Å². The van der Waals surface area contributed by atoms with Crippen LogP contribution in [0.15, 0.2) is 65.8 Å². The standard InChI is InChI=1S/C24H25N5O4/c1-28-11-9-25-24(28)23(16-12-17(32-2)14-18(13-16)33-3)27-22(31)8-10-29-20-7-5-4-6-19(20)21(30)15-26-29/h4-7,9,11-15,23H,8,10H2,1-3H3,(H,27,31). The number of carbonyl (C=O) groups is 1. The Labute approximate surface area is 190 Å². The molecule has 0 spiro atoms. The second kappa shape index (κ2) is 9.56. The van der Waals surface area contributed by atoms with Gasteiger partial charge in [0.05, 0.1) is 32.5 Å². The summed E-state index contributed by atoms with van der Waals surface area (Å²) in [5.74, 6) is 1.71. The molecule has 0 aliphatic heterocycles. The summed E-state index contributed by atoms with van der Waals surface area (Å²) in [6.07, 6.45) is 4.95. The molecule has 2 aromatic heterocycles. The zero-order valence-corrected chi connectivity index (χ0v) is 18.7. The molecule has 0 aliphatic carbocycles. The number of nitrogens with zero attached hydrogens (tertiary/aromatic N) is 4. The average molecular weight is 447 g/mol. The number of carbonyl (C=O) groups excluding carboxylic acids is 1. The van der Waals surface area contributed by atoms with Gasteiger partial charge in [-0.25, -0.2) is 4.98 Å². The number of para-hydroxylation sites is 1. The minimum Gasteiger partial charge on any atom is -0.497 e. The molecule has 1 amide bonds. The molecule has 1 N–H and O–H groups in total. The van der Waals surface area contributed by atoms with Crippen LogP contribution in [0, 0.1) is 0 Å². The highest BCUT2D eigenvalue weighted by Crippen LogP contribution is 2.29. The van der Waals surface area contributed by atoms with Crippen LogP contribution >= 0.6 is 0 Å². The first-order valence-electron chi connectivity index (χ1n) is 10.4. The lowest BCUT2D eigenvalue weighted by molar-refractivity contribution is -0.121. The number of aromatic nitrogens is 4. The van der Waals surface area contributed by atoms with Crippen molar-refractivity contribution in [3.05, 3.63) is 82.7 Å². The van der Waals surface area contributed by atoms with Crippen molar-refractivity contribution in [1.82, 2.24) is 24.6 Å². The van der Waals surface area contributed by atoms with Crippen LogP contribution in [0.4, 0.5) is 0 Å². The van der Waals surface area contributed by atoms with Gasteiger partial charge >= 0.3 is 0 Å². The summed E-state index contributed by atoms with van der Waals surface area (Å²) in [5.41, 5.74) is 1.32. The van der Waals surface area contributed by atoms with Crippen LogP contribution in [-0.4, -0.2) is 39.5 Å². The second-order valence-corrected chi connectivity index (χ2v) is 7.54. The van der Waals surface area contributed by atoms with Crippen molar-refractivity contribution in [2.24, 2.45) is 7.05 Å². The van der Waals surface area contributed by atoms with E-state index < -0.39 is 6.04 Å². The predicted molar refractivity (Wildman–Crippen MR) is 123 cm³/mol. The van der Waals surface area contributed by atoms with E-state index in [0.717, 1.165) is 5.56 Å². The molecule has 0 fully saturated rings. The van der Waals surface area contributed by atoms with Gasteiger partial charge in [-0.1, -0.05) is 12.1 Å². The van der Waals surface area contributed by atoms with Crippen LogP contribution in [0.3, 0.4) is 0 Å². The van der Waals surface area contributed by atoms with Gasteiger partial charge in [0.1, 0.15) is 23.4 Å². The fraction of sp³-hybridized carbons (Fsp3) is 0.250. The lowest BCUT2D eigenvalue weighted by Gasteiger charge is -2.21. The number of methoxy groups -OCH3 is 2. The Bertz CT molecular complexity index is 1320. The number of aryl methyl sites for hydroxylation is 2. The number of imidazole rings is 1. The average Bonchev–Trinajstić information content (AvgIpc) is 3.27. The Morgan fingerprint density at radius 3 is 2.52 bits per heavy atom. The lowest BCUT2D eigenvalue weighted by atomic mass is 10.0. The molecule has 0 saturated heterocycles. The highest BCUT2D eigenvalue weighted by Gasteiger charge is 2.22. The van der Waals surface area contributed by atoms with Gasteiger partial charge in [0.15, 0.2) is 0 Å². The molecule has 170 valence electrons. The first-order valence-corrected chi connectivity index (χ1v) is 10.4. The molecule has 1 atom stereocenters. The van der Waals surface area contributed by atoms with E-state index in [2.05, 4.69) is 15.4 Å². The monoisotopic (exact) mass is 447 g/mol. The fourth-order valence-electron chi connectivity index (χ4n) is 3.73. The Kier molecular flexibility index (Phi) is 6.39. The highest BCUT2D eigenvalue weighted by molar-refractivity contribution is 5.79. The Morgan fingerprint density at radius 1 is 1.12 bits per heavy atom. The zero-order valence-electron chi connectivity index (χ0n) is 18.7. The Balaban J connectivity index is 1.59. The molecule has 4 aromatic rings. The number of hydrogen-bond donors (Lipinski definition) is 1. The summed E-state index contributed by atoms with van der Waals surface area (Å²) in [6.45, 7) is 0.321. The molecule has 2 heterocycles. The Hall–Kier alpha value is -4.14. The molecular weight excluding hydrogens is 422 g/mol. The molecule has 33 heavy (non-hydrogen) atoms. The molecule has 4 rings (SSSR count). The summed E-state index contributed by atoms with van der Waals surface area (Å²) in [7, 11) is 5.03. The maximum Gasteiger partial charge on any atom is 0.222 e. The van der Waals surface area contributed by atoms with Crippen molar-refractivity contribution >= 4 is 16.8 Å². The Morgan fingerprint density at radius 2 is 1.85 bits per heavy atom. The van der Waals surface area contributed by atoms with E-state index in [-0.39, 0.29) is 17.8 Å². The predicted octanol–water partition coefficient (Wildman–Crippen LogP) is 2.44. The van der Waals surface area contributed by atoms with Gasteiger partial charge in [-0.05, 0) is 29.8 Å². The van der Waals surface area contributed by atoms with E-state index in [0.29, 0.717) is 34.8 Å². The van der Waals surface area contributed by atoms with Gasteiger partial charge in [-0.15, -0.1) is 0 Å². The number of nitrogens with one attached hydrogen (secondary N) is 1. The SMILES string of the molecule is COc1cc(OC)cc(C(NC(=O)CCn2ncc(=O)c3ccccc32)c2nccn2C)c1. The normalized spacial score (nSPS) is 11.8. The van der Waals surface area contributed by atoms with Gasteiger partial charge in [0, 0.05) is 37.3 Å². The van der Waals surface area contributed by atoms with Crippen LogP contribution in [0.2, 0.25) is 0 Å². The molecule has 2 aromatic carbocycles. The topological polar surface area (TPSA) is 100 Å². The van der Waals surface area contributed by atoms with E-state index >= 15 is 0 Å². The maximum atomic E-state index is 13.0. The fourth-order valence-corrected chi connectivity index (χ4v) is 3.73. The molecule has 0 saturated carbocycles.